The summed E-state index contributed by atoms with van der Waals surface area (Å²) in [4.78, 5) is 4.53. The van der Waals surface area contributed by atoms with Crippen molar-refractivity contribution in [1.29, 1.82) is 0 Å². The highest BCUT2D eigenvalue weighted by molar-refractivity contribution is 9.10. The van der Waals surface area contributed by atoms with Crippen LogP contribution in [0.2, 0.25) is 0 Å². The molecule has 0 aliphatic carbocycles. The summed E-state index contributed by atoms with van der Waals surface area (Å²) in [6, 6.07) is 12.5. The molecule has 1 atom stereocenters. The van der Waals surface area contributed by atoms with Gasteiger partial charge in [0.05, 0.1) is 21.5 Å². The van der Waals surface area contributed by atoms with Crippen LogP contribution in [-0.4, -0.2) is 9.55 Å². The number of rotatable bonds is 2. The summed E-state index contributed by atoms with van der Waals surface area (Å²) in [5.41, 5.74) is 8.34. The van der Waals surface area contributed by atoms with Crippen molar-refractivity contribution in [3.8, 4) is 5.69 Å². The van der Waals surface area contributed by atoms with Gasteiger partial charge in [-0.05, 0) is 47.1 Å². The van der Waals surface area contributed by atoms with E-state index in [-0.39, 0.29) is 11.9 Å². The quantitative estimate of drug-likeness (QED) is 0.771. The molecular formula is C15H13BrFN3. The van der Waals surface area contributed by atoms with E-state index in [1.54, 1.807) is 6.07 Å². The van der Waals surface area contributed by atoms with Crippen LogP contribution in [0.15, 0.2) is 46.9 Å². The third kappa shape index (κ3) is 2.03. The Balaban J connectivity index is 2.43. The summed E-state index contributed by atoms with van der Waals surface area (Å²) in [5, 5.41) is 0. The molecule has 3 nitrogen and oxygen atoms in total. The Morgan fingerprint density at radius 2 is 1.90 bits per heavy atom. The van der Waals surface area contributed by atoms with Gasteiger partial charge < -0.3 is 5.73 Å². The molecule has 3 rings (SSSR count). The summed E-state index contributed by atoms with van der Waals surface area (Å²) in [7, 11) is 0. The molecule has 0 saturated carbocycles. The van der Waals surface area contributed by atoms with E-state index in [2.05, 4.69) is 20.9 Å². The molecule has 0 spiro atoms. The molecule has 2 N–H and O–H groups in total. The molecule has 102 valence electrons. The van der Waals surface area contributed by atoms with E-state index in [9.17, 15) is 4.39 Å². The second kappa shape index (κ2) is 5.00. The van der Waals surface area contributed by atoms with E-state index < -0.39 is 0 Å². The first kappa shape index (κ1) is 13.3. The molecule has 0 unspecified atom stereocenters. The molecule has 20 heavy (non-hydrogen) atoms. The van der Waals surface area contributed by atoms with Crippen LogP contribution < -0.4 is 5.73 Å². The maximum atomic E-state index is 13.8. The van der Waals surface area contributed by atoms with E-state index >= 15 is 0 Å². The number of benzene rings is 2. The zero-order chi connectivity index (χ0) is 14.3. The molecule has 0 bridgehead atoms. The first-order valence-electron chi connectivity index (χ1n) is 6.27. The number of nitrogens with two attached hydrogens (primary N) is 1. The monoisotopic (exact) mass is 333 g/mol. The van der Waals surface area contributed by atoms with Crippen LogP contribution in [0.4, 0.5) is 4.39 Å². The van der Waals surface area contributed by atoms with Crippen LogP contribution in [0.25, 0.3) is 16.7 Å². The number of hydrogen-bond acceptors (Lipinski definition) is 2. The van der Waals surface area contributed by atoms with Crippen LogP contribution in [0.5, 0.6) is 0 Å². The third-order valence-electron chi connectivity index (χ3n) is 3.16. The minimum Gasteiger partial charge on any atom is -0.322 e. The number of para-hydroxylation sites is 1. The lowest BCUT2D eigenvalue weighted by molar-refractivity contribution is 0.622. The Bertz CT molecular complexity index is 766. The van der Waals surface area contributed by atoms with Crippen LogP contribution in [0.3, 0.4) is 0 Å². The van der Waals surface area contributed by atoms with E-state index in [0.717, 1.165) is 11.2 Å². The van der Waals surface area contributed by atoms with Gasteiger partial charge in [-0.15, -0.1) is 0 Å². The SMILES string of the molecule is C[C@H](N)c1nc2ccc(F)c(Br)c2n1-c1ccccc1. The third-order valence-corrected chi connectivity index (χ3v) is 3.91. The fourth-order valence-electron chi connectivity index (χ4n) is 2.26. The number of imidazole rings is 1. The Hall–Kier alpha value is -1.72. The minimum absolute atomic E-state index is 0.252. The molecule has 0 fully saturated rings. The Kier molecular flexibility index (Phi) is 3.31. The van der Waals surface area contributed by atoms with Gasteiger partial charge in [0.25, 0.3) is 0 Å². The van der Waals surface area contributed by atoms with Crippen LogP contribution in [0.1, 0.15) is 18.8 Å². The van der Waals surface area contributed by atoms with Gasteiger partial charge in [0.15, 0.2) is 0 Å². The van der Waals surface area contributed by atoms with Gasteiger partial charge in [-0.2, -0.15) is 0 Å². The van der Waals surface area contributed by atoms with Gasteiger partial charge in [-0.1, -0.05) is 18.2 Å². The van der Waals surface area contributed by atoms with E-state index in [4.69, 9.17) is 5.73 Å². The van der Waals surface area contributed by atoms with Crippen molar-refractivity contribution in [3.05, 3.63) is 58.6 Å². The average molecular weight is 334 g/mol. The fourth-order valence-corrected chi connectivity index (χ4v) is 2.78. The average Bonchev–Trinajstić information content (AvgIpc) is 2.84. The molecule has 0 aliphatic rings. The lowest BCUT2D eigenvalue weighted by Crippen LogP contribution is -2.12. The summed E-state index contributed by atoms with van der Waals surface area (Å²) in [6.07, 6.45) is 0. The smallest absolute Gasteiger partial charge is 0.139 e. The molecule has 5 heteroatoms. The number of aromatic nitrogens is 2. The fraction of sp³-hybridized carbons (Fsp3) is 0.133. The van der Waals surface area contributed by atoms with E-state index in [1.807, 2.05) is 41.8 Å². The molecule has 3 aromatic rings. The number of nitrogens with zero attached hydrogens (tertiary/aromatic N) is 2. The highest BCUT2D eigenvalue weighted by Gasteiger charge is 2.19. The van der Waals surface area contributed by atoms with E-state index in [0.29, 0.717) is 15.8 Å². The van der Waals surface area contributed by atoms with Gasteiger partial charge in [-0.25, -0.2) is 9.37 Å². The summed E-state index contributed by atoms with van der Waals surface area (Å²) < 4.78 is 16.1. The van der Waals surface area contributed by atoms with Crippen molar-refractivity contribution < 1.29 is 4.39 Å². The first-order valence-corrected chi connectivity index (χ1v) is 7.06. The van der Waals surface area contributed by atoms with Crippen molar-refractivity contribution in [2.24, 2.45) is 5.73 Å². The van der Waals surface area contributed by atoms with Crippen molar-refractivity contribution >= 4 is 27.0 Å². The molecule has 2 aromatic carbocycles. The van der Waals surface area contributed by atoms with Gasteiger partial charge >= 0.3 is 0 Å². The summed E-state index contributed by atoms with van der Waals surface area (Å²) in [6.45, 7) is 1.87. The Labute approximate surface area is 124 Å². The molecule has 1 heterocycles. The van der Waals surface area contributed by atoms with Crippen LogP contribution >= 0.6 is 15.9 Å². The van der Waals surface area contributed by atoms with Gasteiger partial charge in [0, 0.05) is 5.69 Å². The highest BCUT2D eigenvalue weighted by Crippen LogP contribution is 2.31. The predicted octanol–water partition coefficient (Wildman–Crippen LogP) is 3.95. The second-order valence-corrected chi connectivity index (χ2v) is 5.45. The number of halogens is 2. The Morgan fingerprint density at radius 1 is 1.20 bits per heavy atom. The van der Waals surface area contributed by atoms with Crippen molar-refractivity contribution in [2.45, 2.75) is 13.0 Å². The minimum atomic E-state index is -0.314. The van der Waals surface area contributed by atoms with Gasteiger partial charge in [0.2, 0.25) is 0 Å². The number of fused-ring (bicyclic) bond motifs is 1. The lowest BCUT2D eigenvalue weighted by Gasteiger charge is -2.12. The maximum Gasteiger partial charge on any atom is 0.139 e. The summed E-state index contributed by atoms with van der Waals surface area (Å²) in [5.74, 6) is 0.392. The highest BCUT2D eigenvalue weighted by atomic mass is 79.9. The second-order valence-electron chi connectivity index (χ2n) is 4.66. The van der Waals surface area contributed by atoms with Gasteiger partial charge in [0.1, 0.15) is 11.6 Å². The normalized spacial score (nSPS) is 12.8. The standard InChI is InChI=1S/C15H13BrFN3/c1-9(18)15-19-12-8-7-11(17)13(16)14(12)20(15)10-5-3-2-4-6-10/h2-9H,18H2,1H3/t9-/m0/s1. The molecular weight excluding hydrogens is 321 g/mol. The first-order chi connectivity index (χ1) is 9.59. The summed E-state index contributed by atoms with van der Waals surface area (Å²) >= 11 is 3.31. The Morgan fingerprint density at radius 3 is 2.55 bits per heavy atom. The molecule has 0 amide bonds. The van der Waals surface area contributed by atoms with Crippen molar-refractivity contribution in [1.82, 2.24) is 9.55 Å². The van der Waals surface area contributed by atoms with Crippen molar-refractivity contribution in [3.63, 3.8) is 0 Å². The molecule has 0 radical (unpaired) electrons. The van der Waals surface area contributed by atoms with E-state index in [1.165, 1.54) is 6.07 Å². The van der Waals surface area contributed by atoms with Gasteiger partial charge in [-0.3, -0.25) is 4.57 Å². The van der Waals surface area contributed by atoms with Crippen LogP contribution in [-0.2, 0) is 0 Å². The lowest BCUT2D eigenvalue weighted by atomic mass is 10.2. The zero-order valence-corrected chi connectivity index (χ0v) is 12.4. The molecule has 1 aromatic heterocycles. The topological polar surface area (TPSA) is 43.8 Å². The largest absolute Gasteiger partial charge is 0.322 e. The molecule has 0 aliphatic heterocycles. The van der Waals surface area contributed by atoms with Crippen molar-refractivity contribution in [2.75, 3.05) is 0 Å². The predicted molar refractivity (Wildman–Crippen MR) is 81.3 cm³/mol. The van der Waals surface area contributed by atoms with Crippen LogP contribution in [0, 0.1) is 5.82 Å². The number of hydrogen-bond donors (Lipinski definition) is 1. The maximum absolute atomic E-state index is 13.8. The molecule has 0 saturated heterocycles. The zero-order valence-electron chi connectivity index (χ0n) is 10.8.